The summed E-state index contributed by atoms with van der Waals surface area (Å²) >= 11 is 0. The number of nitrogens with zero attached hydrogens (tertiary/aromatic N) is 3. The van der Waals surface area contributed by atoms with Crippen LogP contribution >= 0.6 is 0 Å². The summed E-state index contributed by atoms with van der Waals surface area (Å²) in [7, 11) is 3.00. The van der Waals surface area contributed by atoms with Crippen molar-refractivity contribution in [3.05, 3.63) is 163 Å². The van der Waals surface area contributed by atoms with Gasteiger partial charge in [-0.05, 0) is 102 Å². The molecule has 0 N–H and O–H groups in total. The number of pyridine rings is 1. The Bertz CT molecular complexity index is 2040. The van der Waals surface area contributed by atoms with Gasteiger partial charge in [0.15, 0.2) is 0 Å². The Morgan fingerprint density at radius 1 is 0.509 bits per heavy atom. The second kappa shape index (κ2) is 18.3. The molecule has 0 atom stereocenters. The molecule has 0 saturated carbocycles. The largest absolute Gasteiger partial charge is 0.469 e. The molecule has 0 unspecified atom stereocenters. The minimum atomic E-state index is -0.232. The van der Waals surface area contributed by atoms with Gasteiger partial charge in [-0.2, -0.15) is 0 Å². The van der Waals surface area contributed by atoms with Crippen molar-refractivity contribution in [2.24, 2.45) is 0 Å². The number of methoxy groups -OCH3 is 2. The summed E-state index contributed by atoms with van der Waals surface area (Å²) in [6, 6.07) is 49.5. The first kappa shape index (κ1) is 36.5. The van der Waals surface area contributed by atoms with Gasteiger partial charge in [0.2, 0.25) is 0 Å². The number of hydrogen-bond acceptors (Lipinski definition) is 8. The predicted octanol–water partition coefficient (Wildman–Crippen LogP) is 9.92. The number of carbonyl (C=O) groups excluding carboxylic acids is 2. The number of benzene rings is 5. The fourth-order valence-corrected chi connectivity index (χ4v) is 6.04. The van der Waals surface area contributed by atoms with Crippen LogP contribution in [0.1, 0.15) is 24.0 Å². The first-order chi connectivity index (χ1) is 26.0. The Hall–Kier alpha value is -6.25. The first-order valence-corrected chi connectivity index (χ1v) is 17.7. The van der Waals surface area contributed by atoms with E-state index in [2.05, 4.69) is 101 Å². The number of esters is 2. The van der Waals surface area contributed by atoms with E-state index in [4.69, 9.17) is 19.2 Å². The monoisotopic (exact) mass is 705 g/mol. The third kappa shape index (κ3) is 9.75. The number of aryl methyl sites for hydroxylation is 2. The SMILES string of the molecule is COCCOC(=O)CCc1ccc(N(c2ccccc2)c2ccc(-c3ccc(N(c4ccccc4)c4ccc(CCC(=O)OC)cc4)cc3)cn2)cc1. The molecule has 0 aliphatic rings. The van der Waals surface area contributed by atoms with Crippen LogP contribution in [0.15, 0.2) is 152 Å². The maximum atomic E-state index is 12.1. The quantitative estimate of drug-likeness (QED) is 0.0727. The highest BCUT2D eigenvalue weighted by Crippen LogP contribution is 2.37. The summed E-state index contributed by atoms with van der Waals surface area (Å²) in [5.41, 5.74) is 9.22. The zero-order valence-corrected chi connectivity index (χ0v) is 30.1. The Kier molecular flexibility index (Phi) is 12.6. The van der Waals surface area contributed by atoms with Gasteiger partial charge in [0.05, 0.1) is 13.7 Å². The average molecular weight is 706 g/mol. The van der Waals surface area contributed by atoms with Gasteiger partial charge in [-0.1, -0.05) is 72.8 Å². The van der Waals surface area contributed by atoms with Gasteiger partial charge in [-0.15, -0.1) is 0 Å². The Balaban J connectivity index is 1.20. The van der Waals surface area contributed by atoms with Gasteiger partial charge < -0.3 is 19.1 Å². The zero-order chi connectivity index (χ0) is 36.8. The van der Waals surface area contributed by atoms with Crippen LogP contribution in [0, 0.1) is 0 Å². The lowest BCUT2D eigenvalue weighted by Gasteiger charge is -2.26. The third-order valence-electron chi connectivity index (χ3n) is 8.87. The number of para-hydroxylation sites is 2. The molecule has 0 fully saturated rings. The standard InChI is InChI=1S/C45H43N3O5/c1-51-31-32-53-45(50)30-18-35-15-24-42(25-16-35)48(39-11-7-4-8-12-39)43-28-21-37(33-46-43)36-19-26-41(27-20-36)47(38-9-5-3-6-10-38)40-22-13-34(14-23-40)17-29-44(49)52-2/h3-16,19-28,33H,17-18,29-32H2,1-2H3. The Morgan fingerprint density at radius 3 is 1.49 bits per heavy atom. The molecule has 8 heteroatoms. The number of carbonyl (C=O) groups is 2. The molecule has 0 bridgehead atoms. The molecule has 1 aromatic heterocycles. The van der Waals surface area contributed by atoms with Gasteiger partial charge in [0.25, 0.3) is 0 Å². The van der Waals surface area contributed by atoms with E-state index in [9.17, 15) is 9.59 Å². The van der Waals surface area contributed by atoms with Crippen molar-refractivity contribution >= 4 is 46.2 Å². The molecule has 0 saturated heterocycles. The number of aromatic nitrogens is 1. The minimum Gasteiger partial charge on any atom is -0.469 e. The number of rotatable bonds is 16. The van der Waals surface area contributed by atoms with Crippen LogP contribution in [0.3, 0.4) is 0 Å². The van der Waals surface area contributed by atoms with Crippen molar-refractivity contribution in [3.8, 4) is 11.1 Å². The molecule has 6 rings (SSSR count). The second-order valence-corrected chi connectivity index (χ2v) is 12.4. The lowest BCUT2D eigenvalue weighted by Crippen LogP contribution is -2.12. The van der Waals surface area contributed by atoms with Crippen LogP contribution in [-0.2, 0) is 36.6 Å². The molecule has 0 aliphatic heterocycles. The van der Waals surface area contributed by atoms with E-state index in [0.717, 1.165) is 56.5 Å². The van der Waals surface area contributed by atoms with Gasteiger partial charge >= 0.3 is 11.9 Å². The van der Waals surface area contributed by atoms with E-state index in [1.807, 2.05) is 60.8 Å². The molecular weight excluding hydrogens is 663 g/mol. The summed E-state index contributed by atoms with van der Waals surface area (Å²) in [5.74, 6) is 0.344. The Morgan fingerprint density at radius 2 is 0.981 bits per heavy atom. The Labute approximate surface area is 311 Å². The molecule has 5 aromatic carbocycles. The highest BCUT2D eigenvalue weighted by atomic mass is 16.6. The molecule has 0 aliphatic carbocycles. The minimum absolute atomic E-state index is 0.212. The molecule has 6 aromatic rings. The van der Waals surface area contributed by atoms with Crippen LogP contribution in [0.25, 0.3) is 11.1 Å². The van der Waals surface area contributed by atoms with Crippen molar-refractivity contribution in [2.75, 3.05) is 37.2 Å². The zero-order valence-electron chi connectivity index (χ0n) is 30.1. The van der Waals surface area contributed by atoms with Crippen molar-refractivity contribution in [1.82, 2.24) is 4.98 Å². The van der Waals surface area contributed by atoms with Crippen molar-refractivity contribution < 1.29 is 23.8 Å². The summed E-state index contributed by atoms with van der Waals surface area (Å²) in [6.07, 6.45) is 3.80. The van der Waals surface area contributed by atoms with Crippen LogP contribution < -0.4 is 9.80 Å². The van der Waals surface area contributed by atoms with Crippen LogP contribution in [0.2, 0.25) is 0 Å². The average Bonchev–Trinajstić information content (AvgIpc) is 3.22. The summed E-state index contributed by atoms with van der Waals surface area (Å²) in [6.45, 7) is 0.658. The van der Waals surface area contributed by atoms with Crippen LogP contribution in [0.5, 0.6) is 0 Å². The van der Waals surface area contributed by atoms with Crippen molar-refractivity contribution in [3.63, 3.8) is 0 Å². The molecule has 53 heavy (non-hydrogen) atoms. The number of hydrogen-bond donors (Lipinski definition) is 0. The van der Waals surface area contributed by atoms with E-state index in [1.54, 1.807) is 7.11 Å². The topological polar surface area (TPSA) is 81.2 Å². The van der Waals surface area contributed by atoms with Crippen LogP contribution in [-0.4, -0.2) is 44.4 Å². The maximum Gasteiger partial charge on any atom is 0.306 e. The van der Waals surface area contributed by atoms with Crippen molar-refractivity contribution in [1.29, 1.82) is 0 Å². The number of ether oxygens (including phenoxy) is 3. The summed E-state index contributed by atoms with van der Waals surface area (Å²) < 4.78 is 15.0. The van der Waals surface area contributed by atoms with Gasteiger partial charge in [-0.3, -0.25) is 14.5 Å². The van der Waals surface area contributed by atoms with Gasteiger partial charge in [0, 0.05) is 60.1 Å². The highest BCUT2D eigenvalue weighted by Gasteiger charge is 2.16. The molecule has 1 heterocycles. The summed E-state index contributed by atoms with van der Waals surface area (Å²) in [5, 5.41) is 0. The molecular formula is C45H43N3O5. The fourth-order valence-electron chi connectivity index (χ4n) is 6.04. The first-order valence-electron chi connectivity index (χ1n) is 17.7. The smallest absolute Gasteiger partial charge is 0.306 e. The third-order valence-corrected chi connectivity index (χ3v) is 8.87. The molecule has 0 amide bonds. The highest BCUT2D eigenvalue weighted by molar-refractivity contribution is 5.79. The molecule has 8 nitrogen and oxygen atoms in total. The van der Waals surface area contributed by atoms with E-state index in [1.165, 1.54) is 7.11 Å². The van der Waals surface area contributed by atoms with E-state index in [-0.39, 0.29) is 18.5 Å². The molecule has 0 radical (unpaired) electrons. The lowest BCUT2D eigenvalue weighted by molar-refractivity contribution is -0.145. The second-order valence-electron chi connectivity index (χ2n) is 12.4. The van der Waals surface area contributed by atoms with E-state index < -0.39 is 0 Å². The van der Waals surface area contributed by atoms with Crippen LogP contribution in [0.4, 0.5) is 34.3 Å². The number of anilines is 6. The van der Waals surface area contributed by atoms with Crippen molar-refractivity contribution in [2.45, 2.75) is 25.7 Å². The normalized spacial score (nSPS) is 10.8. The lowest BCUT2D eigenvalue weighted by atomic mass is 10.1. The van der Waals surface area contributed by atoms with E-state index >= 15 is 0 Å². The predicted molar refractivity (Wildman–Crippen MR) is 211 cm³/mol. The fraction of sp³-hybridized carbons (Fsp3) is 0.178. The van der Waals surface area contributed by atoms with Gasteiger partial charge in [-0.25, -0.2) is 4.98 Å². The molecule has 0 spiro atoms. The maximum absolute atomic E-state index is 12.1. The molecule has 268 valence electrons. The summed E-state index contributed by atoms with van der Waals surface area (Å²) in [4.78, 5) is 33.0. The van der Waals surface area contributed by atoms with E-state index in [0.29, 0.717) is 32.3 Å². The van der Waals surface area contributed by atoms with Gasteiger partial charge in [0.1, 0.15) is 12.4 Å².